The predicted molar refractivity (Wildman–Crippen MR) is 102 cm³/mol. The highest BCUT2D eigenvalue weighted by atomic mass is 16.1. The zero-order chi connectivity index (χ0) is 17.2. The number of nitrogens with zero attached hydrogens (tertiary/aromatic N) is 1. The van der Waals surface area contributed by atoms with Gasteiger partial charge in [0.15, 0.2) is 0 Å². The van der Waals surface area contributed by atoms with E-state index in [9.17, 15) is 4.79 Å². The molecule has 2 aromatic carbocycles. The zero-order valence-electron chi connectivity index (χ0n) is 14.6. The average Bonchev–Trinajstić information content (AvgIpc) is 3.37. The minimum Gasteiger partial charge on any atom is -0.353 e. The molecule has 1 aromatic heterocycles. The zero-order valence-corrected chi connectivity index (χ0v) is 14.6. The summed E-state index contributed by atoms with van der Waals surface area (Å²) >= 11 is 0. The van der Waals surface area contributed by atoms with E-state index in [1.54, 1.807) is 0 Å². The molecular weight excluding hydrogens is 308 g/mol. The molecule has 25 heavy (non-hydrogen) atoms. The molecule has 1 unspecified atom stereocenters. The summed E-state index contributed by atoms with van der Waals surface area (Å²) in [5, 5.41) is 4.40. The summed E-state index contributed by atoms with van der Waals surface area (Å²) in [7, 11) is 2.08. The highest BCUT2D eigenvalue weighted by Crippen LogP contribution is 2.32. The van der Waals surface area contributed by atoms with E-state index in [-0.39, 0.29) is 11.8 Å². The maximum atomic E-state index is 12.5. The number of hydrogen-bond acceptors (Lipinski definition) is 1. The van der Waals surface area contributed by atoms with E-state index in [2.05, 4.69) is 71.7 Å². The van der Waals surface area contributed by atoms with Crippen LogP contribution in [-0.2, 0) is 18.3 Å². The molecule has 1 N–H and O–H groups in total. The Morgan fingerprint density at radius 3 is 2.60 bits per heavy atom. The minimum absolute atomic E-state index is 0.177. The van der Waals surface area contributed by atoms with Crippen molar-refractivity contribution in [1.29, 1.82) is 0 Å². The molecule has 0 aliphatic heterocycles. The third kappa shape index (κ3) is 3.60. The molecular formula is C22H24N2O. The van der Waals surface area contributed by atoms with E-state index >= 15 is 0 Å². The largest absolute Gasteiger partial charge is 0.353 e. The number of nitrogens with one attached hydrogen (secondary N) is 1. The van der Waals surface area contributed by atoms with Crippen LogP contribution in [0.15, 0.2) is 60.8 Å². The van der Waals surface area contributed by atoms with Gasteiger partial charge in [-0.1, -0.05) is 48.5 Å². The van der Waals surface area contributed by atoms with Gasteiger partial charge in [-0.05, 0) is 42.4 Å². The first-order chi connectivity index (χ1) is 12.2. The second-order valence-corrected chi connectivity index (χ2v) is 7.15. The number of para-hydroxylation sites is 1. The summed E-state index contributed by atoms with van der Waals surface area (Å²) in [4.78, 5) is 12.5. The van der Waals surface area contributed by atoms with Crippen LogP contribution in [0.25, 0.3) is 10.9 Å². The SMILES string of the molecule is Cn1cc(C(CC(=O)NC2CC2)Cc2ccccc2)c2ccccc21. The normalized spacial score (nSPS) is 15.2. The lowest BCUT2D eigenvalue weighted by Crippen LogP contribution is -2.27. The fourth-order valence-corrected chi connectivity index (χ4v) is 3.63. The number of rotatable bonds is 6. The van der Waals surface area contributed by atoms with Crippen molar-refractivity contribution in [3.8, 4) is 0 Å². The van der Waals surface area contributed by atoms with Crippen molar-refractivity contribution in [3.05, 3.63) is 71.9 Å². The molecule has 1 aliphatic rings. The lowest BCUT2D eigenvalue weighted by Gasteiger charge is -2.17. The van der Waals surface area contributed by atoms with Gasteiger partial charge in [0.25, 0.3) is 0 Å². The van der Waals surface area contributed by atoms with Crippen molar-refractivity contribution in [3.63, 3.8) is 0 Å². The monoisotopic (exact) mass is 332 g/mol. The first-order valence-corrected chi connectivity index (χ1v) is 9.08. The highest BCUT2D eigenvalue weighted by Gasteiger charge is 2.26. The van der Waals surface area contributed by atoms with Crippen molar-refractivity contribution in [2.24, 2.45) is 7.05 Å². The number of carbonyl (C=O) groups is 1. The summed E-state index contributed by atoms with van der Waals surface area (Å²) < 4.78 is 2.17. The second kappa shape index (κ2) is 6.75. The molecule has 4 rings (SSSR count). The Balaban J connectivity index is 1.66. The van der Waals surface area contributed by atoms with Crippen LogP contribution in [0.2, 0.25) is 0 Å². The van der Waals surface area contributed by atoms with Gasteiger partial charge in [-0.15, -0.1) is 0 Å². The first kappa shape index (κ1) is 15.9. The molecule has 1 atom stereocenters. The quantitative estimate of drug-likeness (QED) is 0.722. The number of amides is 1. The molecule has 0 saturated heterocycles. The molecule has 1 saturated carbocycles. The van der Waals surface area contributed by atoms with Crippen LogP contribution in [0.1, 0.15) is 36.3 Å². The van der Waals surface area contributed by atoms with Gasteiger partial charge in [-0.2, -0.15) is 0 Å². The first-order valence-electron chi connectivity index (χ1n) is 9.08. The third-order valence-corrected chi connectivity index (χ3v) is 5.07. The number of carbonyl (C=O) groups excluding carboxylic acids is 1. The molecule has 3 heteroatoms. The van der Waals surface area contributed by atoms with Gasteiger partial charge < -0.3 is 9.88 Å². The van der Waals surface area contributed by atoms with Crippen LogP contribution >= 0.6 is 0 Å². The minimum atomic E-state index is 0.177. The Hall–Kier alpha value is -2.55. The maximum Gasteiger partial charge on any atom is 0.220 e. The highest BCUT2D eigenvalue weighted by molar-refractivity contribution is 5.86. The smallest absolute Gasteiger partial charge is 0.220 e. The van der Waals surface area contributed by atoms with E-state index in [0.717, 1.165) is 19.3 Å². The Labute approximate surface area is 148 Å². The van der Waals surface area contributed by atoms with Gasteiger partial charge in [0, 0.05) is 36.6 Å². The molecule has 1 fully saturated rings. The number of benzene rings is 2. The topological polar surface area (TPSA) is 34.0 Å². The molecule has 0 bridgehead atoms. The van der Waals surface area contributed by atoms with Crippen LogP contribution in [0, 0.1) is 0 Å². The maximum absolute atomic E-state index is 12.5. The number of hydrogen-bond donors (Lipinski definition) is 1. The van der Waals surface area contributed by atoms with Gasteiger partial charge in [0.05, 0.1) is 0 Å². The second-order valence-electron chi connectivity index (χ2n) is 7.15. The molecule has 3 nitrogen and oxygen atoms in total. The van der Waals surface area contributed by atoms with E-state index in [0.29, 0.717) is 12.5 Å². The van der Waals surface area contributed by atoms with E-state index in [1.807, 2.05) is 6.07 Å². The fourth-order valence-electron chi connectivity index (χ4n) is 3.63. The van der Waals surface area contributed by atoms with Crippen molar-refractivity contribution < 1.29 is 4.79 Å². The van der Waals surface area contributed by atoms with Crippen LogP contribution in [-0.4, -0.2) is 16.5 Å². The van der Waals surface area contributed by atoms with Crippen molar-refractivity contribution in [2.45, 2.75) is 37.6 Å². The van der Waals surface area contributed by atoms with Gasteiger partial charge in [-0.3, -0.25) is 4.79 Å². The Bertz CT molecular complexity index is 877. The summed E-state index contributed by atoms with van der Waals surface area (Å²) in [5.74, 6) is 0.364. The van der Waals surface area contributed by atoms with E-state index in [4.69, 9.17) is 0 Å². The summed E-state index contributed by atoms with van der Waals surface area (Å²) in [6.07, 6.45) is 5.88. The lowest BCUT2D eigenvalue weighted by atomic mass is 9.88. The average molecular weight is 332 g/mol. The van der Waals surface area contributed by atoms with Crippen molar-refractivity contribution in [1.82, 2.24) is 9.88 Å². The van der Waals surface area contributed by atoms with Crippen LogP contribution < -0.4 is 5.32 Å². The Morgan fingerprint density at radius 2 is 1.84 bits per heavy atom. The summed E-state index contributed by atoms with van der Waals surface area (Å²) in [6.45, 7) is 0. The number of aryl methyl sites for hydroxylation is 1. The predicted octanol–water partition coefficient (Wildman–Crippen LogP) is 4.17. The van der Waals surface area contributed by atoms with Gasteiger partial charge in [0.2, 0.25) is 5.91 Å². The van der Waals surface area contributed by atoms with Crippen molar-refractivity contribution >= 4 is 16.8 Å². The van der Waals surface area contributed by atoms with Crippen molar-refractivity contribution in [2.75, 3.05) is 0 Å². The number of fused-ring (bicyclic) bond motifs is 1. The van der Waals surface area contributed by atoms with Gasteiger partial charge in [0.1, 0.15) is 0 Å². The summed E-state index contributed by atoms with van der Waals surface area (Å²) in [5.41, 5.74) is 3.77. The van der Waals surface area contributed by atoms with Crippen LogP contribution in [0.3, 0.4) is 0 Å². The van der Waals surface area contributed by atoms with Crippen LogP contribution in [0.5, 0.6) is 0 Å². The van der Waals surface area contributed by atoms with Crippen LogP contribution in [0.4, 0.5) is 0 Å². The van der Waals surface area contributed by atoms with Gasteiger partial charge in [-0.25, -0.2) is 0 Å². The number of aromatic nitrogens is 1. The standard InChI is InChI=1S/C22H24N2O/c1-24-15-20(19-9-5-6-10-21(19)24)17(13-16-7-3-2-4-8-16)14-22(25)23-18-11-12-18/h2-10,15,17-18H,11-14H2,1H3,(H,23,25). The molecule has 0 spiro atoms. The molecule has 3 aromatic rings. The third-order valence-electron chi connectivity index (χ3n) is 5.07. The Kier molecular flexibility index (Phi) is 4.31. The lowest BCUT2D eigenvalue weighted by molar-refractivity contribution is -0.121. The Morgan fingerprint density at radius 1 is 1.12 bits per heavy atom. The molecule has 0 radical (unpaired) electrons. The molecule has 128 valence electrons. The summed E-state index contributed by atoms with van der Waals surface area (Å²) in [6, 6.07) is 19.3. The molecule has 1 heterocycles. The van der Waals surface area contributed by atoms with E-state index in [1.165, 1.54) is 22.0 Å². The molecule has 1 aliphatic carbocycles. The fraction of sp³-hybridized carbons (Fsp3) is 0.318. The van der Waals surface area contributed by atoms with Gasteiger partial charge >= 0.3 is 0 Å². The van der Waals surface area contributed by atoms with E-state index < -0.39 is 0 Å². The molecule has 1 amide bonds.